The molecule has 4 rings (SSSR count). The van der Waals surface area contributed by atoms with Crippen LogP contribution >= 0.6 is 0 Å². The molecule has 1 amide bonds. The number of nitrogens with one attached hydrogen (secondary N) is 2. The second-order valence-electron chi connectivity index (χ2n) is 7.82. The normalized spacial score (nSPS) is 17.1. The number of amides is 1. The minimum Gasteiger partial charge on any atom is -0.443 e. The summed E-state index contributed by atoms with van der Waals surface area (Å²) in [6, 6.07) is 6.02. The van der Waals surface area contributed by atoms with Crippen molar-refractivity contribution in [2.45, 2.75) is 45.1 Å². The zero-order chi connectivity index (χ0) is 21.1. The standard InChI is InChI=1S/C22H25FN4O3/c1-13(2)25-21(28)17-12-29-22(26-17)18-19(14-5-7-16(23)8-6-14)27-30-20(18)15-4-3-10-24-11-9-15/h5-8,12-13,15,24H,3-4,9-11H2,1-2H3,(H,25,28). The first kappa shape index (κ1) is 20.3. The number of rotatable bonds is 5. The molecule has 2 aromatic heterocycles. The third-order valence-electron chi connectivity index (χ3n) is 5.15. The third kappa shape index (κ3) is 4.28. The van der Waals surface area contributed by atoms with E-state index in [9.17, 15) is 9.18 Å². The Hall–Kier alpha value is -3.00. The van der Waals surface area contributed by atoms with E-state index >= 15 is 0 Å². The molecule has 1 atom stereocenters. The lowest BCUT2D eigenvalue weighted by molar-refractivity contribution is 0.0938. The van der Waals surface area contributed by atoms with Gasteiger partial charge in [0.05, 0.1) is 0 Å². The number of halogens is 1. The van der Waals surface area contributed by atoms with Crippen LogP contribution in [0.15, 0.2) is 39.5 Å². The van der Waals surface area contributed by atoms with Crippen molar-refractivity contribution >= 4 is 5.91 Å². The average molecular weight is 412 g/mol. The van der Waals surface area contributed by atoms with E-state index in [1.807, 2.05) is 13.8 Å². The van der Waals surface area contributed by atoms with E-state index in [0.717, 1.165) is 32.4 Å². The molecule has 1 aromatic carbocycles. The van der Waals surface area contributed by atoms with E-state index in [4.69, 9.17) is 8.94 Å². The summed E-state index contributed by atoms with van der Waals surface area (Å²) in [5.74, 6) is 0.478. The maximum atomic E-state index is 13.4. The van der Waals surface area contributed by atoms with Crippen LogP contribution in [0.3, 0.4) is 0 Å². The molecule has 1 aliphatic heterocycles. The Morgan fingerprint density at radius 1 is 1.23 bits per heavy atom. The fourth-order valence-electron chi connectivity index (χ4n) is 3.70. The molecule has 7 nitrogen and oxygen atoms in total. The molecule has 0 saturated carbocycles. The highest BCUT2D eigenvalue weighted by atomic mass is 19.1. The summed E-state index contributed by atoms with van der Waals surface area (Å²) in [7, 11) is 0. The first-order valence-electron chi connectivity index (χ1n) is 10.3. The van der Waals surface area contributed by atoms with Gasteiger partial charge in [0.15, 0.2) is 11.5 Å². The van der Waals surface area contributed by atoms with E-state index in [0.29, 0.717) is 22.6 Å². The topological polar surface area (TPSA) is 93.2 Å². The maximum absolute atomic E-state index is 13.4. The van der Waals surface area contributed by atoms with Crippen molar-refractivity contribution in [2.24, 2.45) is 0 Å². The van der Waals surface area contributed by atoms with Crippen LogP contribution in [0.2, 0.25) is 0 Å². The minimum atomic E-state index is -0.331. The number of aromatic nitrogens is 2. The highest BCUT2D eigenvalue weighted by molar-refractivity contribution is 5.93. The van der Waals surface area contributed by atoms with Crippen molar-refractivity contribution in [3.63, 3.8) is 0 Å². The van der Waals surface area contributed by atoms with Crippen molar-refractivity contribution in [3.8, 4) is 22.7 Å². The first-order chi connectivity index (χ1) is 14.5. The van der Waals surface area contributed by atoms with Gasteiger partial charge in [-0.3, -0.25) is 4.79 Å². The van der Waals surface area contributed by atoms with Gasteiger partial charge in [-0.05, 0) is 70.5 Å². The summed E-state index contributed by atoms with van der Waals surface area (Å²) in [6.07, 6.45) is 4.20. The van der Waals surface area contributed by atoms with Crippen LogP contribution in [0.4, 0.5) is 4.39 Å². The number of oxazole rings is 1. The van der Waals surface area contributed by atoms with E-state index < -0.39 is 0 Å². The molecule has 1 fully saturated rings. The highest BCUT2D eigenvalue weighted by Crippen LogP contribution is 2.40. The van der Waals surface area contributed by atoms with Gasteiger partial charge >= 0.3 is 0 Å². The van der Waals surface area contributed by atoms with Gasteiger partial charge in [-0.1, -0.05) is 5.16 Å². The number of hydrogen-bond acceptors (Lipinski definition) is 6. The fraction of sp³-hybridized carbons (Fsp3) is 0.409. The summed E-state index contributed by atoms with van der Waals surface area (Å²) in [6.45, 7) is 5.60. The molecular weight excluding hydrogens is 387 g/mol. The van der Waals surface area contributed by atoms with Crippen LogP contribution in [-0.4, -0.2) is 35.2 Å². The quantitative estimate of drug-likeness (QED) is 0.655. The number of carbonyl (C=O) groups is 1. The molecule has 0 bridgehead atoms. The van der Waals surface area contributed by atoms with Crippen LogP contribution in [-0.2, 0) is 0 Å². The summed E-state index contributed by atoms with van der Waals surface area (Å²) in [4.78, 5) is 16.8. The van der Waals surface area contributed by atoms with Gasteiger partial charge in [-0.25, -0.2) is 9.37 Å². The van der Waals surface area contributed by atoms with Crippen molar-refractivity contribution in [1.82, 2.24) is 20.8 Å². The molecule has 1 aliphatic rings. The van der Waals surface area contributed by atoms with Crippen LogP contribution in [0.25, 0.3) is 22.7 Å². The van der Waals surface area contributed by atoms with Crippen LogP contribution < -0.4 is 10.6 Å². The fourth-order valence-corrected chi connectivity index (χ4v) is 3.70. The third-order valence-corrected chi connectivity index (χ3v) is 5.15. The van der Waals surface area contributed by atoms with Crippen LogP contribution in [0.1, 0.15) is 55.3 Å². The van der Waals surface area contributed by atoms with Crippen LogP contribution in [0.5, 0.6) is 0 Å². The Morgan fingerprint density at radius 3 is 2.80 bits per heavy atom. The number of hydrogen-bond donors (Lipinski definition) is 2. The molecule has 0 aliphatic carbocycles. The van der Waals surface area contributed by atoms with E-state index in [1.54, 1.807) is 12.1 Å². The zero-order valence-electron chi connectivity index (χ0n) is 17.1. The Balaban J connectivity index is 1.77. The number of carbonyl (C=O) groups excluding carboxylic acids is 1. The van der Waals surface area contributed by atoms with E-state index in [2.05, 4.69) is 20.8 Å². The Kier molecular flexibility index (Phi) is 5.94. The predicted octanol–water partition coefficient (Wildman–Crippen LogP) is 4.13. The largest absolute Gasteiger partial charge is 0.443 e. The van der Waals surface area contributed by atoms with Crippen molar-refractivity contribution < 1.29 is 18.1 Å². The van der Waals surface area contributed by atoms with Gasteiger partial charge in [0, 0.05) is 17.5 Å². The lowest BCUT2D eigenvalue weighted by Gasteiger charge is -2.11. The van der Waals surface area contributed by atoms with Gasteiger partial charge in [0.25, 0.3) is 5.91 Å². The lowest BCUT2D eigenvalue weighted by atomic mass is 9.93. The second kappa shape index (κ2) is 8.79. The smallest absolute Gasteiger partial charge is 0.273 e. The van der Waals surface area contributed by atoms with Gasteiger partial charge in [-0.2, -0.15) is 0 Å². The Morgan fingerprint density at radius 2 is 2.03 bits per heavy atom. The van der Waals surface area contributed by atoms with Gasteiger partial charge in [-0.15, -0.1) is 0 Å². The van der Waals surface area contributed by atoms with Gasteiger partial charge in [0.2, 0.25) is 5.89 Å². The van der Waals surface area contributed by atoms with E-state index in [1.165, 1.54) is 18.4 Å². The number of nitrogens with zero attached hydrogens (tertiary/aromatic N) is 2. The molecule has 2 N–H and O–H groups in total. The summed E-state index contributed by atoms with van der Waals surface area (Å²) >= 11 is 0. The van der Waals surface area contributed by atoms with Crippen molar-refractivity contribution in [2.75, 3.05) is 13.1 Å². The molecule has 0 spiro atoms. The maximum Gasteiger partial charge on any atom is 0.273 e. The monoisotopic (exact) mass is 412 g/mol. The van der Waals surface area contributed by atoms with E-state index in [-0.39, 0.29) is 35.3 Å². The average Bonchev–Trinajstić information content (AvgIpc) is 3.28. The molecular formula is C22H25FN4O3. The van der Waals surface area contributed by atoms with Crippen molar-refractivity contribution in [3.05, 3.63) is 47.8 Å². The SMILES string of the molecule is CC(C)NC(=O)c1coc(-c2c(-c3ccc(F)cc3)noc2C2CCCNCC2)n1. The zero-order valence-corrected chi connectivity index (χ0v) is 17.1. The molecule has 3 heterocycles. The molecule has 3 aromatic rings. The summed E-state index contributed by atoms with van der Waals surface area (Å²) in [5.41, 5.74) is 2.04. The second-order valence-corrected chi connectivity index (χ2v) is 7.82. The van der Waals surface area contributed by atoms with Gasteiger partial charge in [0.1, 0.15) is 23.3 Å². The summed E-state index contributed by atoms with van der Waals surface area (Å²) in [5, 5.41) is 10.5. The lowest BCUT2D eigenvalue weighted by Crippen LogP contribution is -2.30. The molecule has 1 saturated heterocycles. The van der Waals surface area contributed by atoms with Crippen molar-refractivity contribution in [1.29, 1.82) is 0 Å². The highest BCUT2D eigenvalue weighted by Gasteiger charge is 2.30. The Labute approximate surface area is 174 Å². The molecule has 0 radical (unpaired) electrons. The van der Waals surface area contributed by atoms with Gasteiger partial charge < -0.3 is 19.6 Å². The summed E-state index contributed by atoms with van der Waals surface area (Å²) < 4.78 is 24.9. The van der Waals surface area contributed by atoms with Crippen LogP contribution in [0, 0.1) is 5.82 Å². The number of benzene rings is 1. The molecule has 30 heavy (non-hydrogen) atoms. The molecule has 158 valence electrons. The first-order valence-corrected chi connectivity index (χ1v) is 10.3. The molecule has 8 heteroatoms. The molecule has 1 unspecified atom stereocenters. The predicted molar refractivity (Wildman–Crippen MR) is 109 cm³/mol. The minimum absolute atomic E-state index is 0.0166. The Bertz CT molecular complexity index is 1000.